The van der Waals surface area contributed by atoms with E-state index in [1.54, 1.807) is 0 Å². The number of aryl methyl sites for hydroxylation is 1. The van der Waals surface area contributed by atoms with Crippen LogP contribution in [0.15, 0.2) is 24.3 Å². The number of hydrogen-bond donors (Lipinski definition) is 2. The fourth-order valence-electron chi connectivity index (χ4n) is 2.60. The lowest BCUT2D eigenvalue weighted by atomic mass is 9.97. The predicted molar refractivity (Wildman–Crippen MR) is 74.1 cm³/mol. The predicted octanol–water partition coefficient (Wildman–Crippen LogP) is 2.71. The number of nitrogens with two attached hydrogens (primary N) is 1. The molecule has 1 aromatic carbocycles. The van der Waals surface area contributed by atoms with Gasteiger partial charge in [-0.05, 0) is 43.2 Å². The minimum atomic E-state index is 0.237. The van der Waals surface area contributed by atoms with Crippen molar-refractivity contribution in [3.8, 4) is 0 Å². The number of benzene rings is 1. The molecule has 0 amide bonds. The van der Waals surface area contributed by atoms with Crippen molar-refractivity contribution in [3.05, 3.63) is 35.4 Å². The van der Waals surface area contributed by atoms with E-state index in [4.69, 9.17) is 10.6 Å². The molecule has 3 nitrogen and oxygen atoms in total. The highest BCUT2D eigenvalue weighted by molar-refractivity contribution is 5.26. The molecule has 1 aromatic rings. The van der Waals surface area contributed by atoms with E-state index in [1.807, 2.05) is 0 Å². The maximum absolute atomic E-state index is 5.69. The van der Waals surface area contributed by atoms with Crippen molar-refractivity contribution >= 4 is 0 Å². The van der Waals surface area contributed by atoms with Crippen molar-refractivity contribution < 1.29 is 4.74 Å². The third-order valence-corrected chi connectivity index (χ3v) is 3.76. The van der Waals surface area contributed by atoms with Crippen LogP contribution in [0, 0.1) is 0 Å². The standard InChI is InChI=1S/C15H24N2O/c1-2-12-5-3-6-13(11-12)15(17-16)9-8-14-7-4-10-18-14/h3,5-6,11,14-15,17H,2,4,7-10,16H2,1H3. The van der Waals surface area contributed by atoms with E-state index >= 15 is 0 Å². The molecule has 3 N–H and O–H groups in total. The van der Waals surface area contributed by atoms with Crippen LogP contribution in [-0.2, 0) is 11.2 Å². The largest absolute Gasteiger partial charge is 0.378 e. The first-order valence-electron chi connectivity index (χ1n) is 7.00. The van der Waals surface area contributed by atoms with E-state index in [0.29, 0.717) is 6.10 Å². The normalized spacial score (nSPS) is 21.1. The molecule has 1 heterocycles. The Kier molecular flexibility index (Phi) is 5.17. The van der Waals surface area contributed by atoms with Crippen LogP contribution in [0.3, 0.4) is 0 Å². The van der Waals surface area contributed by atoms with Gasteiger partial charge in [0, 0.05) is 12.6 Å². The van der Waals surface area contributed by atoms with Crippen molar-refractivity contribution in [1.29, 1.82) is 0 Å². The van der Waals surface area contributed by atoms with Crippen molar-refractivity contribution in [2.45, 2.75) is 51.2 Å². The van der Waals surface area contributed by atoms with Gasteiger partial charge in [0.2, 0.25) is 0 Å². The maximum atomic E-state index is 5.69. The second kappa shape index (κ2) is 6.88. The fraction of sp³-hybridized carbons (Fsp3) is 0.600. The summed E-state index contributed by atoms with van der Waals surface area (Å²) in [7, 11) is 0. The second-order valence-electron chi connectivity index (χ2n) is 5.03. The van der Waals surface area contributed by atoms with Gasteiger partial charge in [0.1, 0.15) is 0 Å². The lowest BCUT2D eigenvalue weighted by molar-refractivity contribution is 0.0996. The SMILES string of the molecule is CCc1cccc(C(CCC2CCCO2)NN)c1. The first-order valence-corrected chi connectivity index (χ1v) is 7.00. The van der Waals surface area contributed by atoms with E-state index in [2.05, 4.69) is 36.6 Å². The molecular formula is C15H24N2O. The Morgan fingerprint density at radius 1 is 1.50 bits per heavy atom. The van der Waals surface area contributed by atoms with Gasteiger partial charge in [-0.1, -0.05) is 31.2 Å². The highest BCUT2D eigenvalue weighted by atomic mass is 16.5. The van der Waals surface area contributed by atoms with E-state index < -0.39 is 0 Å². The lowest BCUT2D eigenvalue weighted by Crippen LogP contribution is -2.28. The van der Waals surface area contributed by atoms with Crippen LogP contribution in [0.5, 0.6) is 0 Å². The molecule has 1 fully saturated rings. The van der Waals surface area contributed by atoms with Crippen LogP contribution >= 0.6 is 0 Å². The molecule has 1 aliphatic rings. The summed E-state index contributed by atoms with van der Waals surface area (Å²) >= 11 is 0. The van der Waals surface area contributed by atoms with Gasteiger partial charge >= 0.3 is 0 Å². The monoisotopic (exact) mass is 248 g/mol. The fourth-order valence-corrected chi connectivity index (χ4v) is 2.60. The zero-order chi connectivity index (χ0) is 12.8. The van der Waals surface area contributed by atoms with Crippen LogP contribution in [0.4, 0.5) is 0 Å². The molecular weight excluding hydrogens is 224 g/mol. The Morgan fingerprint density at radius 2 is 2.39 bits per heavy atom. The van der Waals surface area contributed by atoms with Gasteiger partial charge < -0.3 is 4.74 Å². The summed E-state index contributed by atoms with van der Waals surface area (Å²) in [6, 6.07) is 8.92. The van der Waals surface area contributed by atoms with Gasteiger partial charge in [-0.2, -0.15) is 0 Å². The number of rotatable bonds is 6. The van der Waals surface area contributed by atoms with E-state index in [9.17, 15) is 0 Å². The molecule has 2 rings (SSSR count). The van der Waals surface area contributed by atoms with Crippen LogP contribution in [-0.4, -0.2) is 12.7 Å². The quantitative estimate of drug-likeness (QED) is 0.601. The summed E-state index contributed by atoms with van der Waals surface area (Å²) in [5.41, 5.74) is 5.59. The first kappa shape index (κ1) is 13.5. The molecule has 0 spiro atoms. The van der Waals surface area contributed by atoms with Gasteiger partial charge in [-0.3, -0.25) is 11.3 Å². The topological polar surface area (TPSA) is 47.3 Å². The summed E-state index contributed by atoms with van der Waals surface area (Å²) < 4.78 is 5.66. The van der Waals surface area contributed by atoms with Crippen LogP contribution in [0.2, 0.25) is 0 Å². The van der Waals surface area contributed by atoms with Crippen LogP contribution in [0.25, 0.3) is 0 Å². The molecule has 0 aliphatic carbocycles. The number of hydrogen-bond acceptors (Lipinski definition) is 3. The zero-order valence-corrected chi connectivity index (χ0v) is 11.2. The number of hydrazine groups is 1. The highest BCUT2D eigenvalue weighted by Gasteiger charge is 2.18. The van der Waals surface area contributed by atoms with Gasteiger partial charge in [-0.25, -0.2) is 0 Å². The van der Waals surface area contributed by atoms with Crippen molar-refractivity contribution in [2.24, 2.45) is 5.84 Å². The minimum absolute atomic E-state index is 0.237. The van der Waals surface area contributed by atoms with E-state index in [-0.39, 0.29) is 6.04 Å². The lowest BCUT2D eigenvalue weighted by Gasteiger charge is -2.19. The smallest absolute Gasteiger partial charge is 0.0576 e. The number of ether oxygens (including phenoxy) is 1. The highest BCUT2D eigenvalue weighted by Crippen LogP contribution is 2.24. The number of nitrogens with one attached hydrogen (secondary N) is 1. The zero-order valence-electron chi connectivity index (χ0n) is 11.2. The molecule has 2 atom stereocenters. The van der Waals surface area contributed by atoms with Gasteiger partial charge in [-0.15, -0.1) is 0 Å². The average Bonchev–Trinajstić information content (AvgIpc) is 2.93. The molecule has 0 radical (unpaired) electrons. The molecule has 3 heteroatoms. The second-order valence-corrected chi connectivity index (χ2v) is 5.03. The maximum Gasteiger partial charge on any atom is 0.0576 e. The van der Waals surface area contributed by atoms with Gasteiger partial charge in [0.05, 0.1) is 6.10 Å². The van der Waals surface area contributed by atoms with Crippen LogP contribution in [0.1, 0.15) is 49.8 Å². The van der Waals surface area contributed by atoms with E-state index in [1.165, 1.54) is 24.0 Å². The summed E-state index contributed by atoms with van der Waals surface area (Å²) in [5, 5.41) is 0. The Hall–Kier alpha value is -0.900. The average molecular weight is 248 g/mol. The molecule has 100 valence electrons. The first-order chi connectivity index (χ1) is 8.83. The van der Waals surface area contributed by atoms with Crippen molar-refractivity contribution in [1.82, 2.24) is 5.43 Å². The van der Waals surface area contributed by atoms with Gasteiger partial charge in [0.15, 0.2) is 0 Å². The molecule has 0 bridgehead atoms. The van der Waals surface area contributed by atoms with Crippen molar-refractivity contribution in [2.75, 3.05) is 6.61 Å². The molecule has 1 aliphatic heterocycles. The Bertz CT molecular complexity index is 361. The summed E-state index contributed by atoms with van der Waals surface area (Å²) in [5.74, 6) is 5.69. The van der Waals surface area contributed by atoms with Gasteiger partial charge in [0.25, 0.3) is 0 Å². The molecule has 0 saturated carbocycles. The third-order valence-electron chi connectivity index (χ3n) is 3.76. The molecule has 0 aromatic heterocycles. The Morgan fingerprint density at radius 3 is 3.06 bits per heavy atom. The van der Waals surface area contributed by atoms with Crippen molar-refractivity contribution in [3.63, 3.8) is 0 Å². The Labute approximate surface area is 110 Å². The Balaban J connectivity index is 1.93. The minimum Gasteiger partial charge on any atom is -0.378 e. The third kappa shape index (κ3) is 3.55. The summed E-state index contributed by atoms with van der Waals surface area (Å²) in [4.78, 5) is 0. The molecule has 2 unspecified atom stereocenters. The summed E-state index contributed by atoms with van der Waals surface area (Å²) in [6.45, 7) is 3.10. The summed E-state index contributed by atoms with van der Waals surface area (Å²) in [6.07, 6.45) is 6.04. The molecule has 18 heavy (non-hydrogen) atoms. The van der Waals surface area contributed by atoms with Crippen LogP contribution < -0.4 is 11.3 Å². The molecule has 1 saturated heterocycles. The van der Waals surface area contributed by atoms with E-state index in [0.717, 1.165) is 25.9 Å².